The van der Waals surface area contributed by atoms with Gasteiger partial charge < -0.3 is 17.7 Å². The number of benzene rings is 2. The first-order valence-corrected chi connectivity index (χ1v) is 22.8. The maximum Gasteiger partial charge on any atom is 0.311 e. The molecule has 6 nitrogen and oxygen atoms in total. The van der Waals surface area contributed by atoms with Gasteiger partial charge >= 0.3 is 8.56 Å². The van der Waals surface area contributed by atoms with E-state index >= 15 is 0 Å². The summed E-state index contributed by atoms with van der Waals surface area (Å²) in [6.45, 7) is 19.3. The molecule has 0 bridgehead atoms. The van der Waals surface area contributed by atoms with E-state index in [1.54, 1.807) is 0 Å². The monoisotopic (exact) mass is 558 g/mol. The van der Waals surface area contributed by atoms with Gasteiger partial charge in [0, 0.05) is 37.3 Å². The molecule has 0 saturated carbocycles. The molecular weight excluding hydrogens is 513 g/mol. The smallest absolute Gasteiger partial charge is 0.311 e. The van der Waals surface area contributed by atoms with E-state index in [0.717, 1.165) is 62.6 Å². The van der Waals surface area contributed by atoms with Gasteiger partial charge in [-0.2, -0.15) is 0 Å². The Hall–Kier alpha value is -1.47. The van der Waals surface area contributed by atoms with Gasteiger partial charge in [-0.3, -0.25) is 9.80 Å². The van der Waals surface area contributed by atoms with Gasteiger partial charge in [0.05, 0.1) is 0 Å². The third-order valence-corrected chi connectivity index (χ3v) is 18.6. The van der Waals surface area contributed by atoms with E-state index in [4.69, 9.17) is 17.7 Å². The molecule has 0 aromatic heterocycles. The SMILES string of the molecule is C[Si](C)(CCCN1COc2ccccc2C1)O[Si](C)(C)O[Si](C)(C)CCCN1COc2ccccc2C1. The topological polar surface area (TPSA) is 43.4 Å². The Morgan fingerprint density at radius 2 is 1.05 bits per heavy atom. The van der Waals surface area contributed by atoms with Crippen molar-refractivity contribution in [3.8, 4) is 11.5 Å². The molecule has 9 heteroatoms. The largest absolute Gasteiger partial charge is 0.478 e. The van der Waals surface area contributed by atoms with E-state index in [1.807, 2.05) is 12.1 Å². The Balaban J connectivity index is 1.17. The predicted molar refractivity (Wildman–Crippen MR) is 158 cm³/mol. The normalized spacial score (nSPS) is 17.0. The molecule has 0 unspecified atom stereocenters. The molecule has 2 aromatic carbocycles. The number of ether oxygens (including phenoxy) is 2. The van der Waals surface area contributed by atoms with Gasteiger partial charge in [0.15, 0.2) is 16.6 Å². The Morgan fingerprint density at radius 3 is 1.49 bits per heavy atom. The summed E-state index contributed by atoms with van der Waals surface area (Å²) < 4.78 is 25.6. The van der Waals surface area contributed by atoms with Crippen LogP contribution in [0.25, 0.3) is 0 Å². The van der Waals surface area contributed by atoms with Crippen molar-refractivity contribution in [2.45, 2.75) is 77.3 Å². The van der Waals surface area contributed by atoms with E-state index in [2.05, 4.69) is 85.5 Å². The van der Waals surface area contributed by atoms with Crippen molar-refractivity contribution in [3.63, 3.8) is 0 Å². The summed E-state index contributed by atoms with van der Waals surface area (Å²) in [7, 11) is -5.84. The minimum atomic E-state index is -2.20. The zero-order valence-electron chi connectivity index (χ0n) is 23.7. The van der Waals surface area contributed by atoms with Crippen LogP contribution in [-0.2, 0) is 21.3 Å². The number of nitrogens with zero attached hydrogens (tertiary/aromatic N) is 2. The van der Waals surface area contributed by atoms with Gasteiger partial charge in [-0.15, -0.1) is 0 Å². The highest BCUT2D eigenvalue weighted by Crippen LogP contribution is 2.29. The molecule has 0 spiro atoms. The van der Waals surface area contributed by atoms with Gasteiger partial charge in [-0.05, 0) is 76.3 Å². The maximum atomic E-state index is 6.85. The molecule has 37 heavy (non-hydrogen) atoms. The number of fused-ring (bicyclic) bond motifs is 2. The van der Waals surface area contributed by atoms with Crippen molar-refractivity contribution in [1.82, 2.24) is 9.80 Å². The lowest BCUT2D eigenvalue weighted by molar-refractivity contribution is 0.0952. The van der Waals surface area contributed by atoms with E-state index in [1.165, 1.54) is 11.1 Å². The van der Waals surface area contributed by atoms with E-state index in [9.17, 15) is 0 Å². The second kappa shape index (κ2) is 12.1. The van der Waals surface area contributed by atoms with Crippen molar-refractivity contribution in [1.29, 1.82) is 0 Å². The minimum absolute atomic E-state index is 0.680. The minimum Gasteiger partial charge on any atom is -0.478 e. The van der Waals surface area contributed by atoms with Crippen LogP contribution in [0.3, 0.4) is 0 Å². The molecule has 0 radical (unpaired) electrons. The third-order valence-electron chi connectivity index (χ3n) is 7.09. The zero-order valence-corrected chi connectivity index (χ0v) is 26.7. The molecular formula is C28H46N2O4Si3. The Bertz CT molecular complexity index is 954. The molecule has 2 aromatic rings. The van der Waals surface area contributed by atoms with Crippen LogP contribution in [0.4, 0.5) is 0 Å². The van der Waals surface area contributed by atoms with Crippen molar-refractivity contribution >= 4 is 25.2 Å². The summed E-state index contributed by atoms with van der Waals surface area (Å²) >= 11 is 0. The van der Waals surface area contributed by atoms with Gasteiger partial charge in [-0.25, -0.2) is 0 Å². The summed E-state index contributed by atoms with van der Waals surface area (Å²) in [6, 6.07) is 19.0. The first-order chi connectivity index (χ1) is 17.5. The molecule has 2 heterocycles. The lowest BCUT2D eigenvalue weighted by Crippen LogP contribution is -2.52. The number of hydrogen-bond donors (Lipinski definition) is 0. The standard InChI is InChI=1S/C28H46N2O4Si3/c1-35(2,19-11-17-29-21-25-13-7-9-15-27(25)31-23-29)33-37(5,6)34-36(3,4)20-12-18-30-22-26-14-8-10-16-28(26)32-24-30/h7-10,13-16H,11-12,17-24H2,1-6H3. The fourth-order valence-corrected chi connectivity index (χ4v) is 19.7. The highest BCUT2D eigenvalue weighted by Gasteiger charge is 2.39. The molecule has 4 rings (SSSR count). The predicted octanol–water partition coefficient (Wildman–Crippen LogP) is 6.62. The lowest BCUT2D eigenvalue weighted by Gasteiger charge is -2.39. The molecule has 0 N–H and O–H groups in total. The molecule has 0 aliphatic carbocycles. The highest BCUT2D eigenvalue weighted by molar-refractivity contribution is 6.87. The van der Waals surface area contributed by atoms with Gasteiger partial charge in [0.2, 0.25) is 0 Å². The first-order valence-electron chi connectivity index (χ1n) is 13.8. The van der Waals surface area contributed by atoms with Gasteiger partial charge in [0.1, 0.15) is 25.0 Å². The fourth-order valence-electron chi connectivity index (χ4n) is 5.64. The molecule has 0 atom stereocenters. The summed E-state index contributed by atoms with van der Waals surface area (Å²) in [5.41, 5.74) is 2.57. The molecule has 204 valence electrons. The second-order valence-electron chi connectivity index (χ2n) is 12.2. The fraction of sp³-hybridized carbons (Fsp3) is 0.571. The Kier molecular flexibility index (Phi) is 9.37. The van der Waals surface area contributed by atoms with Crippen molar-refractivity contribution in [2.24, 2.45) is 0 Å². The average Bonchev–Trinajstić information content (AvgIpc) is 2.82. The van der Waals surface area contributed by atoms with Gasteiger partial charge in [-0.1, -0.05) is 36.4 Å². The van der Waals surface area contributed by atoms with Crippen LogP contribution in [-0.4, -0.2) is 61.5 Å². The van der Waals surface area contributed by atoms with Crippen LogP contribution in [0, 0.1) is 0 Å². The summed E-state index contributed by atoms with van der Waals surface area (Å²) in [6.07, 6.45) is 2.27. The van der Waals surface area contributed by atoms with Crippen LogP contribution >= 0.6 is 0 Å². The van der Waals surface area contributed by atoms with Crippen LogP contribution in [0.1, 0.15) is 24.0 Å². The molecule has 0 saturated heterocycles. The van der Waals surface area contributed by atoms with Crippen molar-refractivity contribution in [2.75, 3.05) is 26.6 Å². The third kappa shape index (κ3) is 8.78. The first kappa shape index (κ1) is 28.5. The van der Waals surface area contributed by atoms with E-state index in [-0.39, 0.29) is 0 Å². The van der Waals surface area contributed by atoms with E-state index in [0.29, 0.717) is 13.5 Å². The van der Waals surface area contributed by atoms with Crippen LogP contribution < -0.4 is 9.47 Å². The quantitative estimate of drug-likeness (QED) is 0.273. The average molecular weight is 559 g/mol. The number of hydrogen-bond acceptors (Lipinski definition) is 6. The number of rotatable bonds is 12. The van der Waals surface area contributed by atoms with Crippen molar-refractivity contribution in [3.05, 3.63) is 59.7 Å². The molecule has 0 amide bonds. The van der Waals surface area contributed by atoms with Crippen LogP contribution in [0.2, 0.25) is 51.4 Å². The summed E-state index contributed by atoms with van der Waals surface area (Å²) in [5.74, 6) is 2.06. The molecule has 0 fully saturated rings. The molecule has 2 aliphatic rings. The van der Waals surface area contributed by atoms with Crippen LogP contribution in [0.5, 0.6) is 11.5 Å². The lowest BCUT2D eigenvalue weighted by atomic mass is 10.1. The summed E-state index contributed by atoms with van der Waals surface area (Å²) in [5, 5.41) is 0. The Labute approximate surface area is 227 Å². The maximum absolute atomic E-state index is 6.85. The second-order valence-corrected chi connectivity index (χ2v) is 24.7. The van der Waals surface area contributed by atoms with Crippen molar-refractivity contribution < 1.29 is 17.7 Å². The van der Waals surface area contributed by atoms with E-state index < -0.39 is 25.2 Å². The Morgan fingerprint density at radius 1 is 0.649 bits per heavy atom. The molecule has 2 aliphatic heterocycles. The number of para-hydroxylation sites is 2. The highest BCUT2D eigenvalue weighted by atomic mass is 28.5. The van der Waals surface area contributed by atoms with Crippen LogP contribution in [0.15, 0.2) is 48.5 Å². The van der Waals surface area contributed by atoms with Gasteiger partial charge in [0.25, 0.3) is 0 Å². The summed E-state index contributed by atoms with van der Waals surface area (Å²) in [4.78, 5) is 4.79. The zero-order chi connectivity index (χ0) is 26.5.